The van der Waals surface area contributed by atoms with Crippen LogP contribution in [0.3, 0.4) is 0 Å². The lowest BCUT2D eigenvalue weighted by Gasteiger charge is -2.35. The van der Waals surface area contributed by atoms with Crippen LogP contribution in [0.1, 0.15) is 36.9 Å². The maximum absolute atomic E-state index is 13.6. The van der Waals surface area contributed by atoms with E-state index >= 15 is 0 Å². The van der Waals surface area contributed by atoms with Crippen LogP contribution in [0.15, 0.2) is 18.2 Å². The molecule has 0 aliphatic carbocycles. The molecule has 134 valence electrons. The van der Waals surface area contributed by atoms with E-state index in [0.29, 0.717) is 11.6 Å². The molecule has 1 aliphatic heterocycles. The van der Waals surface area contributed by atoms with Gasteiger partial charge in [-0.1, -0.05) is 13.3 Å². The Labute approximate surface area is 146 Å². The van der Waals surface area contributed by atoms with Gasteiger partial charge < -0.3 is 5.32 Å². The third-order valence-electron chi connectivity index (χ3n) is 3.79. The van der Waals surface area contributed by atoms with Gasteiger partial charge in [0.2, 0.25) is 0 Å². The van der Waals surface area contributed by atoms with Crippen molar-refractivity contribution in [3.63, 3.8) is 0 Å². The SMILES string of the molecule is CCC[C@H](c1cc(F)cc(C(F)(F)F)c1)N1CCNCC1.Cl.Cl. The van der Waals surface area contributed by atoms with Crippen LogP contribution in [0.4, 0.5) is 17.6 Å². The number of nitrogens with one attached hydrogen (secondary N) is 1. The third-order valence-corrected chi connectivity index (χ3v) is 3.79. The minimum absolute atomic E-state index is 0. The first-order chi connectivity index (χ1) is 9.91. The second-order valence-electron chi connectivity index (χ2n) is 5.36. The van der Waals surface area contributed by atoms with E-state index < -0.39 is 17.6 Å². The molecule has 1 fully saturated rings. The Kier molecular flexibility index (Phi) is 9.43. The molecule has 1 atom stereocenters. The Morgan fingerprint density at radius 1 is 1.13 bits per heavy atom. The lowest BCUT2D eigenvalue weighted by atomic mass is 9.97. The van der Waals surface area contributed by atoms with Crippen LogP contribution in [0.25, 0.3) is 0 Å². The van der Waals surface area contributed by atoms with Gasteiger partial charge in [-0.2, -0.15) is 13.2 Å². The van der Waals surface area contributed by atoms with Crippen molar-refractivity contribution in [2.45, 2.75) is 32.0 Å². The zero-order valence-corrected chi connectivity index (χ0v) is 14.5. The summed E-state index contributed by atoms with van der Waals surface area (Å²) in [6, 6.07) is 2.72. The van der Waals surface area contributed by atoms with Crippen molar-refractivity contribution in [3.05, 3.63) is 35.1 Å². The molecule has 0 saturated carbocycles. The molecule has 1 heterocycles. The predicted molar refractivity (Wildman–Crippen MR) is 88.0 cm³/mol. The summed E-state index contributed by atoms with van der Waals surface area (Å²) in [5.41, 5.74) is -0.486. The van der Waals surface area contributed by atoms with Crippen LogP contribution >= 0.6 is 24.8 Å². The van der Waals surface area contributed by atoms with Crippen molar-refractivity contribution >= 4 is 24.8 Å². The second-order valence-corrected chi connectivity index (χ2v) is 5.36. The fourth-order valence-electron chi connectivity index (χ4n) is 2.80. The van der Waals surface area contributed by atoms with Crippen LogP contribution in [0.5, 0.6) is 0 Å². The Balaban J connectivity index is 0.00000242. The van der Waals surface area contributed by atoms with E-state index in [0.717, 1.165) is 45.1 Å². The molecular formula is C15H22Cl2F4N2. The molecule has 1 aromatic carbocycles. The maximum Gasteiger partial charge on any atom is 0.416 e. The topological polar surface area (TPSA) is 15.3 Å². The summed E-state index contributed by atoms with van der Waals surface area (Å²) in [5.74, 6) is -0.823. The van der Waals surface area contributed by atoms with Crippen molar-refractivity contribution < 1.29 is 17.6 Å². The van der Waals surface area contributed by atoms with E-state index in [1.165, 1.54) is 6.07 Å². The number of piperazine rings is 1. The lowest BCUT2D eigenvalue weighted by Crippen LogP contribution is -2.45. The minimum atomic E-state index is -4.52. The van der Waals surface area contributed by atoms with Crippen molar-refractivity contribution in [1.82, 2.24) is 10.2 Å². The quantitative estimate of drug-likeness (QED) is 0.781. The first kappa shape index (κ1) is 22.4. The average Bonchev–Trinajstić information content (AvgIpc) is 2.44. The Morgan fingerprint density at radius 2 is 1.74 bits per heavy atom. The van der Waals surface area contributed by atoms with E-state index in [1.807, 2.05) is 6.92 Å². The van der Waals surface area contributed by atoms with Gasteiger partial charge in [-0.15, -0.1) is 24.8 Å². The van der Waals surface area contributed by atoms with Gasteiger partial charge in [-0.25, -0.2) is 4.39 Å². The van der Waals surface area contributed by atoms with Gasteiger partial charge in [-0.05, 0) is 30.2 Å². The summed E-state index contributed by atoms with van der Waals surface area (Å²) in [4.78, 5) is 2.13. The van der Waals surface area contributed by atoms with E-state index in [1.54, 1.807) is 0 Å². The molecule has 2 nitrogen and oxygen atoms in total. The normalized spacial score (nSPS) is 17.1. The van der Waals surface area contributed by atoms with Gasteiger partial charge in [0.15, 0.2) is 0 Å². The lowest BCUT2D eigenvalue weighted by molar-refractivity contribution is -0.137. The molecule has 2 rings (SSSR count). The van der Waals surface area contributed by atoms with Gasteiger partial charge in [0, 0.05) is 32.2 Å². The fourth-order valence-corrected chi connectivity index (χ4v) is 2.80. The Hall–Kier alpha value is -0.560. The van der Waals surface area contributed by atoms with Crippen LogP contribution in [0.2, 0.25) is 0 Å². The van der Waals surface area contributed by atoms with Gasteiger partial charge in [0.05, 0.1) is 5.56 Å². The van der Waals surface area contributed by atoms with Crippen molar-refractivity contribution in [2.24, 2.45) is 0 Å². The maximum atomic E-state index is 13.6. The summed E-state index contributed by atoms with van der Waals surface area (Å²) >= 11 is 0. The van der Waals surface area contributed by atoms with Crippen LogP contribution in [0, 0.1) is 5.82 Å². The predicted octanol–water partition coefficient (Wildman–Crippen LogP) is 4.43. The van der Waals surface area contributed by atoms with E-state index in [-0.39, 0.29) is 30.9 Å². The molecular weight excluding hydrogens is 355 g/mol. The number of rotatable bonds is 4. The molecule has 0 bridgehead atoms. The monoisotopic (exact) mass is 376 g/mol. The molecule has 23 heavy (non-hydrogen) atoms. The first-order valence-electron chi connectivity index (χ1n) is 7.24. The van der Waals surface area contributed by atoms with Crippen LogP contribution in [-0.4, -0.2) is 31.1 Å². The average molecular weight is 377 g/mol. The van der Waals surface area contributed by atoms with Gasteiger partial charge in [0.1, 0.15) is 5.82 Å². The summed E-state index contributed by atoms with van der Waals surface area (Å²) in [6.07, 6.45) is -2.95. The van der Waals surface area contributed by atoms with Gasteiger partial charge in [-0.3, -0.25) is 4.90 Å². The fraction of sp³-hybridized carbons (Fsp3) is 0.600. The number of hydrogen-bond donors (Lipinski definition) is 1. The van der Waals surface area contributed by atoms with Crippen LogP contribution in [-0.2, 0) is 6.18 Å². The number of hydrogen-bond acceptors (Lipinski definition) is 2. The number of nitrogens with zero attached hydrogens (tertiary/aromatic N) is 1. The summed E-state index contributed by atoms with van der Waals surface area (Å²) < 4.78 is 52.1. The zero-order valence-electron chi connectivity index (χ0n) is 12.8. The van der Waals surface area contributed by atoms with E-state index in [2.05, 4.69) is 10.2 Å². The Morgan fingerprint density at radius 3 is 2.26 bits per heavy atom. The highest BCUT2D eigenvalue weighted by molar-refractivity contribution is 5.85. The number of alkyl halides is 3. The molecule has 0 radical (unpaired) electrons. The molecule has 1 aromatic rings. The first-order valence-corrected chi connectivity index (χ1v) is 7.24. The molecule has 1 saturated heterocycles. The number of halogens is 6. The number of benzene rings is 1. The molecule has 8 heteroatoms. The smallest absolute Gasteiger partial charge is 0.314 e. The minimum Gasteiger partial charge on any atom is -0.314 e. The zero-order chi connectivity index (χ0) is 15.5. The molecule has 0 unspecified atom stereocenters. The molecule has 0 spiro atoms. The van der Waals surface area contributed by atoms with Crippen molar-refractivity contribution in [2.75, 3.05) is 26.2 Å². The van der Waals surface area contributed by atoms with E-state index in [4.69, 9.17) is 0 Å². The van der Waals surface area contributed by atoms with E-state index in [9.17, 15) is 17.6 Å². The van der Waals surface area contributed by atoms with Gasteiger partial charge in [0.25, 0.3) is 0 Å². The summed E-state index contributed by atoms with van der Waals surface area (Å²) in [6.45, 7) is 5.13. The highest BCUT2D eigenvalue weighted by Gasteiger charge is 2.32. The standard InChI is InChI=1S/C15H20F4N2.2ClH/c1-2-3-14(21-6-4-20-5-7-21)11-8-12(15(17,18)19)10-13(16)9-11;;/h8-10,14,20H,2-7H2,1H3;2*1H/t14-;;/m1../s1. The molecule has 1 N–H and O–H groups in total. The molecule has 1 aliphatic rings. The largest absolute Gasteiger partial charge is 0.416 e. The molecule has 0 amide bonds. The highest BCUT2D eigenvalue weighted by atomic mass is 35.5. The van der Waals surface area contributed by atoms with Crippen molar-refractivity contribution in [1.29, 1.82) is 0 Å². The highest BCUT2D eigenvalue weighted by Crippen LogP contribution is 2.34. The third kappa shape index (κ3) is 6.10. The van der Waals surface area contributed by atoms with Gasteiger partial charge >= 0.3 is 6.18 Å². The summed E-state index contributed by atoms with van der Waals surface area (Å²) in [5, 5.41) is 3.21. The molecule has 0 aromatic heterocycles. The second kappa shape index (κ2) is 9.67. The van der Waals surface area contributed by atoms with Crippen LogP contribution < -0.4 is 5.32 Å². The Bertz CT molecular complexity index is 477. The summed E-state index contributed by atoms with van der Waals surface area (Å²) in [7, 11) is 0. The van der Waals surface area contributed by atoms with Crippen molar-refractivity contribution in [3.8, 4) is 0 Å².